The Morgan fingerprint density at radius 1 is 1.11 bits per heavy atom. The Morgan fingerprint density at radius 3 is 2.34 bits per heavy atom. The van der Waals surface area contributed by atoms with Crippen molar-refractivity contribution in [3.05, 3.63) is 66.1 Å². The minimum Gasteiger partial charge on any atom is -0.495 e. The lowest BCUT2D eigenvalue weighted by molar-refractivity contribution is -0.141. The number of pyridine rings is 1. The zero-order valence-corrected chi connectivity index (χ0v) is 34.5. The van der Waals surface area contributed by atoms with Crippen LogP contribution in [0.15, 0.2) is 60.6 Å². The van der Waals surface area contributed by atoms with Crippen molar-refractivity contribution >= 4 is 45.1 Å². The number of alkyl carbamates (subject to hydrolysis) is 1. The number of ether oxygens (including phenoxy) is 2. The van der Waals surface area contributed by atoms with Gasteiger partial charge in [0.15, 0.2) is 0 Å². The average molecular weight is 806 g/mol. The number of allylic oxidation sites excluding steroid dienone is 1. The molecule has 2 heterocycles. The van der Waals surface area contributed by atoms with E-state index in [2.05, 4.69) is 35.7 Å². The lowest BCUT2D eigenvalue weighted by Crippen LogP contribution is -2.56. The highest BCUT2D eigenvalue weighted by molar-refractivity contribution is 7.90. The lowest BCUT2D eigenvalue weighted by Gasteiger charge is -2.32. The number of hydrogen-bond donors (Lipinski definition) is 4. The van der Waals surface area contributed by atoms with Crippen LogP contribution in [-0.4, -0.2) is 85.3 Å². The van der Waals surface area contributed by atoms with Gasteiger partial charge in [0, 0.05) is 28.4 Å². The Balaban J connectivity index is 0.00000109. The summed E-state index contributed by atoms with van der Waals surface area (Å²) in [5, 5.41) is 7.08. The van der Waals surface area contributed by atoms with Gasteiger partial charge < -0.3 is 30.0 Å². The second-order valence-electron chi connectivity index (χ2n) is 15.6. The molecule has 0 bridgehead atoms. The number of aromatic amines is 1. The Labute approximate surface area is 335 Å². The summed E-state index contributed by atoms with van der Waals surface area (Å²) in [4.78, 5) is 64.5. The third-order valence-corrected chi connectivity index (χ3v) is 11.8. The van der Waals surface area contributed by atoms with Gasteiger partial charge in [-0.1, -0.05) is 50.6 Å². The van der Waals surface area contributed by atoms with Crippen molar-refractivity contribution in [3.8, 4) is 5.75 Å². The van der Waals surface area contributed by atoms with Gasteiger partial charge in [0.1, 0.15) is 23.4 Å². The van der Waals surface area contributed by atoms with Crippen molar-refractivity contribution in [2.75, 3.05) is 13.7 Å². The van der Waals surface area contributed by atoms with Crippen LogP contribution in [0.3, 0.4) is 0 Å². The van der Waals surface area contributed by atoms with E-state index in [0.29, 0.717) is 48.8 Å². The third-order valence-electron chi connectivity index (χ3n) is 10.1. The van der Waals surface area contributed by atoms with E-state index >= 15 is 0 Å². The molecule has 3 aliphatic rings. The number of nitrogens with zero attached hydrogens (tertiary/aromatic N) is 1. The molecular formula is C41H67N5O9S. The van der Waals surface area contributed by atoms with Crippen LogP contribution in [0.4, 0.5) is 4.79 Å². The average Bonchev–Trinajstić information content (AvgIpc) is 4.09. The van der Waals surface area contributed by atoms with E-state index in [9.17, 15) is 32.4 Å². The van der Waals surface area contributed by atoms with Crippen LogP contribution in [0.5, 0.6) is 5.75 Å². The van der Waals surface area contributed by atoms with Gasteiger partial charge in [-0.3, -0.25) is 23.9 Å². The van der Waals surface area contributed by atoms with Crippen molar-refractivity contribution in [1.29, 1.82) is 0 Å². The summed E-state index contributed by atoms with van der Waals surface area (Å²) in [6.07, 6.45) is 12.4. The van der Waals surface area contributed by atoms with E-state index in [1.54, 1.807) is 49.8 Å². The Morgan fingerprint density at radius 2 is 1.79 bits per heavy atom. The molecule has 1 aromatic carbocycles. The standard InChI is InChI=1S/C27H45N3O4.C10H9NO2.C4H7NO3S.3H2/c1-8-19(9-2)14-11-13-18(4)23(29-26(33)34-27(5,6)7)25(32)30-16-12-15-22(30)24(31)28-21-17-20(21)10-3;1-13-9-6-11-10(12)8-5-3-2-4-7(8)9;6-3-5-9(7,8)4-1-2-4;;;/h8,10,18-23H,1,3,9,11-17H2,2,4-7H3,(H,28,31)(H,29,33);2-6H,1H3,(H,11,12);3-4H,1-2H2,(H,5,6);3*1H/t18-,19?,20-,21-,22+,23+;;;;;/m1...../s1. The molecule has 4 amide bonds. The number of benzene rings is 1. The molecule has 316 valence electrons. The van der Waals surface area contributed by atoms with Crippen LogP contribution in [0, 0.1) is 17.8 Å². The number of carbonyl (C=O) groups excluding carboxylic acids is 4. The molecule has 5 rings (SSSR count). The molecule has 1 unspecified atom stereocenters. The monoisotopic (exact) mass is 805 g/mol. The largest absolute Gasteiger partial charge is 0.495 e. The Bertz CT molecular complexity index is 1850. The van der Waals surface area contributed by atoms with Crippen LogP contribution in [-0.2, 0) is 29.1 Å². The van der Waals surface area contributed by atoms with Crippen molar-refractivity contribution in [1.82, 2.24) is 25.2 Å². The molecule has 1 aromatic heterocycles. The first-order chi connectivity index (χ1) is 26.5. The molecule has 14 nitrogen and oxygen atoms in total. The van der Waals surface area contributed by atoms with Gasteiger partial charge in [0.05, 0.1) is 17.7 Å². The summed E-state index contributed by atoms with van der Waals surface area (Å²) in [6, 6.07) is 6.22. The van der Waals surface area contributed by atoms with E-state index in [1.807, 2.05) is 37.3 Å². The number of H-pyrrole nitrogens is 1. The Hall–Kier alpha value is -4.66. The highest BCUT2D eigenvalue weighted by Crippen LogP contribution is 2.32. The highest BCUT2D eigenvalue weighted by atomic mass is 32.2. The number of rotatable bonds is 16. The van der Waals surface area contributed by atoms with Gasteiger partial charge in [0.2, 0.25) is 28.2 Å². The number of amides is 4. The second kappa shape index (κ2) is 21.0. The van der Waals surface area contributed by atoms with E-state index in [1.165, 1.54) is 0 Å². The van der Waals surface area contributed by atoms with Crippen LogP contribution >= 0.6 is 0 Å². The first-order valence-corrected chi connectivity index (χ1v) is 21.0. The number of hydrogen-bond acceptors (Lipinski definition) is 9. The molecule has 56 heavy (non-hydrogen) atoms. The van der Waals surface area contributed by atoms with Crippen LogP contribution < -0.4 is 25.7 Å². The first kappa shape index (κ1) is 45.7. The predicted molar refractivity (Wildman–Crippen MR) is 224 cm³/mol. The van der Waals surface area contributed by atoms with E-state index in [4.69, 9.17) is 9.47 Å². The SMILES string of the molecule is C=CC(CC)CCC[C@@H](C)[C@H](NC(=O)OC(C)(C)C)C(=O)N1CCC[C@H]1C(=O)N[C@@H]1C[C@H]1C=C.COc1c[nH]c(=O)c2ccccc12.O=CNS(=O)(=O)C1CC1.[HH].[HH].[HH]. The van der Waals surface area contributed by atoms with Crippen molar-refractivity contribution in [2.24, 2.45) is 17.8 Å². The first-order valence-electron chi connectivity index (χ1n) is 19.4. The molecule has 2 aliphatic carbocycles. The maximum Gasteiger partial charge on any atom is 0.408 e. The number of fused-ring (bicyclic) bond motifs is 1. The Kier molecular flexibility index (Phi) is 17.2. The van der Waals surface area contributed by atoms with Crippen molar-refractivity contribution < 1.29 is 41.3 Å². The molecule has 3 fully saturated rings. The van der Waals surface area contributed by atoms with E-state index in [-0.39, 0.29) is 45.3 Å². The molecular weight excluding hydrogens is 739 g/mol. The van der Waals surface area contributed by atoms with E-state index < -0.39 is 33.8 Å². The summed E-state index contributed by atoms with van der Waals surface area (Å²) in [7, 11) is -1.67. The highest BCUT2D eigenvalue weighted by Gasteiger charge is 2.43. The summed E-state index contributed by atoms with van der Waals surface area (Å²) < 4.78 is 33.6. The van der Waals surface area contributed by atoms with Crippen molar-refractivity contribution in [2.45, 2.75) is 121 Å². The van der Waals surface area contributed by atoms with Gasteiger partial charge >= 0.3 is 6.09 Å². The summed E-state index contributed by atoms with van der Waals surface area (Å²) in [5.74, 6) is 1.05. The molecule has 0 spiro atoms. The maximum absolute atomic E-state index is 13.7. The number of carbonyl (C=O) groups is 4. The van der Waals surface area contributed by atoms with Crippen molar-refractivity contribution in [3.63, 3.8) is 0 Å². The molecule has 6 atom stereocenters. The van der Waals surface area contributed by atoms with Gasteiger partial charge in [0.25, 0.3) is 5.56 Å². The fraction of sp³-hybridized carbons (Fsp3) is 0.585. The van der Waals surface area contributed by atoms with E-state index in [0.717, 1.165) is 43.9 Å². The molecule has 4 N–H and O–H groups in total. The molecule has 15 heteroatoms. The summed E-state index contributed by atoms with van der Waals surface area (Å²) >= 11 is 0. The fourth-order valence-electron chi connectivity index (χ4n) is 6.53. The zero-order valence-electron chi connectivity index (χ0n) is 33.7. The third kappa shape index (κ3) is 13.8. The van der Waals surface area contributed by atoms with Gasteiger partial charge in [-0.25, -0.2) is 13.2 Å². The molecule has 1 aliphatic heterocycles. The predicted octanol–water partition coefficient (Wildman–Crippen LogP) is 6.08. The summed E-state index contributed by atoms with van der Waals surface area (Å²) in [6.45, 7) is 17.7. The normalized spacial score (nSPS) is 20.3. The number of nitrogens with one attached hydrogen (secondary N) is 4. The topological polar surface area (TPSA) is 193 Å². The number of sulfonamides is 1. The minimum absolute atomic E-state index is 0. The summed E-state index contributed by atoms with van der Waals surface area (Å²) in [5.41, 5.74) is -0.752. The smallest absolute Gasteiger partial charge is 0.408 e. The van der Waals surface area contributed by atoms with Gasteiger partial charge in [-0.05, 0) is 96.0 Å². The van der Waals surface area contributed by atoms with Gasteiger partial charge in [-0.15, -0.1) is 13.2 Å². The van der Waals surface area contributed by atoms with Gasteiger partial charge in [-0.2, -0.15) is 0 Å². The zero-order chi connectivity index (χ0) is 41.6. The maximum atomic E-state index is 13.7. The van der Waals surface area contributed by atoms with Crippen LogP contribution in [0.1, 0.15) is 96.7 Å². The van der Waals surface area contributed by atoms with Crippen LogP contribution in [0.2, 0.25) is 0 Å². The second-order valence-corrected chi connectivity index (χ2v) is 17.6. The fourth-order valence-corrected chi connectivity index (χ4v) is 7.62. The minimum atomic E-state index is -3.26. The molecule has 0 radical (unpaired) electrons. The molecule has 2 aromatic rings. The molecule has 2 saturated carbocycles. The quantitative estimate of drug-likeness (QED) is 0.115. The molecule has 1 saturated heterocycles. The number of aromatic nitrogens is 1. The lowest BCUT2D eigenvalue weighted by atomic mass is 9.91. The van der Waals surface area contributed by atoms with Crippen LogP contribution in [0.25, 0.3) is 10.8 Å². The number of methoxy groups -OCH3 is 1. The number of likely N-dealkylation sites (tertiary alicyclic amines) is 1.